The van der Waals surface area contributed by atoms with Crippen molar-refractivity contribution in [2.45, 2.75) is 13.3 Å². The molecule has 8 heteroatoms. The van der Waals surface area contributed by atoms with Crippen molar-refractivity contribution in [1.82, 2.24) is 20.2 Å². The van der Waals surface area contributed by atoms with E-state index in [1.807, 2.05) is 36.1 Å². The van der Waals surface area contributed by atoms with E-state index in [9.17, 15) is 14.7 Å². The lowest BCUT2D eigenvalue weighted by atomic mass is 10.1. The van der Waals surface area contributed by atoms with Crippen molar-refractivity contribution in [3.63, 3.8) is 0 Å². The summed E-state index contributed by atoms with van der Waals surface area (Å²) in [7, 11) is 0. The molecular weight excluding hydrogens is 442 g/mol. The normalized spacial score (nSPS) is 13.1. The predicted molar refractivity (Wildman–Crippen MR) is 133 cm³/mol. The molecule has 0 spiro atoms. The number of carbonyl (C=O) groups is 2. The second-order valence-corrected chi connectivity index (χ2v) is 8.23. The molecule has 1 saturated heterocycles. The molecule has 3 aromatic rings. The second kappa shape index (κ2) is 11.2. The van der Waals surface area contributed by atoms with Crippen LogP contribution in [0.5, 0.6) is 5.75 Å². The summed E-state index contributed by atoms with van der Waals surface area (Å²) in [6.07, 6.45) is 6.96. The highest BCUT2D eigenvalue weighted by Gasteiger charge is 2.23. The second-order valence-electron chi connectivity index (χ2n) is 8.23. The van der Waals surface area contributed by atoms with Crippen molar-refractivity contribution in [3.05, 3.63) is 83.4 Å². The molecule has 1 aliphatic heterocycles. The van der Waals surface area contributed by atoms with E-state index < -0.39 is 0 Å². The van der Waals surface area contributed by atoms with Gasteiger partial charge < -0.3 is 20.2 Å². The maximum atomic E-state index is 13.1. The summed E-state index contributed by atoms with van der Waals surface area (Å²) in [5.41, 5.74) is 3.35. The Labute approximate surface area is 204 Å². The number of piperazine rings is 1. The van der Waals surface area contributed by atoms with Gasteiger partial charge in [0.15, 0.2) is 0 Å². The number of nitrogens with zero attached hydrogens (tertiary/aromatic N) is 4. The van der Waals surface area contributed by atoms with E-state index in [1.165, 1.54) is 12.3 Å². The number of aromatic hydroxyl groups is 1. The first kappa shape index (κ1) is 23.8. The Bertz CT molecular complexity index is 1260. The number of benzene rings is 1. The number of anilines is 1. The average molecular weight is 470 g/mol. The van der Waals surface area contributed by atoms with Crippen LogP contribution in [-0.4, -0.2) is 64.5 Å². The summed E-state index contributed by atoms with van der Waals surface area (Å²) < 4.78 is 0. The summed E-state index contributed by atoms with van der Waals surface area (Å²) in [5, 5.41) is 12.4. The first-order valence-corrected chi connectivity index (χ1v) is 11.6. The highest BCUT2D eigenvalue weighted by Crippen LogP contribution is 2.19. The molecule has 0 atom stereocenters. The van der Waals surface area contributed by atoms with Crippen molar-refractivity contribution in [3.8, 4) is 17.6 Å². The number of hydrogen-bond acceptors (Lipinski definition) is 6. The van der Waals surface area contributed by atoms with Crippen LogP contribution in [0.3, 0.4) is 0 Å². The van der Waals surface area contributed by atoms with Gasteiger partial charge in [-0.2, -0.15) is 0 Å². The minimum Gasteiger partial charge on any atom is -0.506 e. The van der Waals surface area contributed by atoms with Gasteiger partial charge in [0.2, 0.25) is 0 Å². The van der Waals surface area contributed by atoms with Crippen molar-refractivity contribution < 1.29 is 14.7 Å². The molecule has 2 aromatic heterocycles. The molecule has 3 heterocycles. The smallest absolute Gasteiger partial charge is 0.255 e. The largest absolute Gasteiger partial charge is 0.506 e. The Kier molecular flexibility index (Phi) is 7.58. The van der Waals surface area contributed by atoms with E-state index in [0.29, 0.717) is 55.0 Å². The Balaban J connectivity index is 1.35. The maximum absolute atomic E-state index is 13.1. The van der Waals surface area contributed by atoms with Gasteiger partial charge in [0.05, 0.1) is 11.8 Å². The van der Waals surface area contributed by atoms with Gasteiger partial charge in [0.1, 0.15) is 5.75 Å². The maximum Gasteiger partial charge on any atom is 0.255 e. The van der Waals surface area contributed by atoms with Crippen molar-refractivity contribution in [1.29, 1.82) is 0 Å². The number of aromatic nitrogens is 2. The van der Waals surface area contributed by atoms with Crippen molar-refractivity contribution in [2.75, 3.05) is 37.6 Å². The third-order valence-corrected chi connectivity index (χ3v) is 5.66. The number of nitrogens with one attached hydrogen (secondary N) is 1. The topological polar surface area (TPSA) is 98.7 Å². The van der Waals surface area contributed by atoms with Crippen LogP contribution in [0.25, 0.3) is 0 Å². The molecule has 2 amide bonds. The first-order chi connectivity index (χ1) is 17.0. The summed E-state index contributed by atoms with van der Waals surface area (Å²) in [6.45, 7) is 5.25. The minimum atomic E-state index is -0.0808. The number of pyridine rings is 2. The standard InChI is InChI=1S/C27H27N5O3/c1-2-9-30-26(34)22-5-7-24(8-6-22)31-10-12-32(13-11-31)27(35)23-14-20(16-28-18-23)3-4-21-15-25(33)19-29-17-21/h5-8,14-19,33H,2,9-13H2,1H3,(H,30,34). The van der Waals surface area contributed by atoms with Gasteiger partial charge in [-0.25, -0.2) is 0 Å². The molecule has 35 heavy (non-hydrogen) atoms. The zero-order valence-corrected chi connectivity index (χ0v) is 19.6. The van der Waals surface area contributed by atoms with Crippen LogP contribution in [0.4, 0.5) is 5.69 Å². The molecule has 2 N–H and O–H groups in total. The summed E-state index contributed by atoms with van der Waals surface area (Å²) in [4.78, 5) is 37.3. The Morgan fingerprint density at radius 3 is 2.23 bits per heavy atom. The number of carbonyl (C=O) groups excluding carboxylic acids is 2. The molecule has 0 bridgehead atoms. The fourth-order valence-corrected chi connectivity index (χ4v) is 3.78. The van der Waals surface area contributed by atoms with Gasteiger partial charge in [-0.3, -0.25) is 19.6 Å². The zero-order valence-electron chi connectivity index (χ0n) is 19.6. The zero-order chi connectivity index (χ0) is 24.6. The number of rotatable bonds is 5. The molecule has 1 aliphatic rings. The van der Waals surface area contributed by atoms with Gasteiger partial charge in [-0.05, 0) is 42.8 Å². The SMILES string of the molecule is CCCNC(=O)c1ccc(N2CCN(C(=O)c3cncc(C#Cc4cncc(O)c4)c3)CC2)cc1. The van der Waals surface area contributed by atoms with Crippen LogP contribution < -0.4 is 10.2 Å². The monoisotopic (exact) mass is 469 g/mol. The van der Waals surface area contributed by atoms with Crippen LogP contribution in [0.1, 0.15) is 45.2 Å². The summed E-state index contributed by atoms with van der Waals surface area (Å²) in [6, 6.07) is 10.8. The molecule has 8 nitrogen and oxygen atoms in total. The summed E-state index contributed by atoms with van der Waals surface area (Å²) in [5.74, 6) is 5.80. The van der Waals surface area contributed by atoms with Gasteiger partial charge >= 0.3 is 0 Å². The van der Waals surface area contributed by atoms with Crippen LogP contribution >= 0.6 is 0 Å². The van der Waals surface area contributed by atoms with Crippen molar-refractivity contribution >= 4 is 17.5 Å². The quantitative estimate of drug-likeness (QED) is 0.558. The van der Waals surface area contributed by atoms with E-state index >= 15 is 0 Å². The predicted octanol–water partition coefficient (Wildman–Crippen LogP) is 2.68. The third-order valence-electron chi connectivity index (χ3n) is 5.66. The van der Waals surface area contributed by atoms with E-state index in [0.717, 1.165) is 12.1 Å². The minimum absolute atomic E-state index is 0.0476. The molecule has 0 aliphatic carbocycles. The highest BCUT2D eigenvalue weighted by atomic mass is 16.3. The van der Waals surface area contributed by atoms with Crippen LogP contribution in [0.15, 0.2) is 61.2 Å². The molecule has 1 fully saturated rings. The molecular formula is C27H27N5O3. The lowest BCUT2D eigenvalue weighted by Crippen LogP contribution is -2.48. The fourth-order valence-electron chi connectivity index (χ4n) is 3.78. The van der Waals surface area contributed by atoms with E-state index in [2.05, 4.69) is 32.0 Å². The molecule has 0 unspecified atom stereocenters. The highest BCUT2D eigenvalue weighted by molar-refractivity contribution is 5.95. The van der Waals surface area contributed by atoms with E-state index in [1.54, 1.807) is 24.7 Å². The van der Waals surface area contributed by atoms with Crippen LogP contribution in [0, 0.1) is 11.8 Å². The third kappa shape index (κ3) is 6.15. The Morgan fingerprint density at radius 2 is 1.57 bits per heavy atom. The van der Waals surface area contributed by atoms with Gasteiger partial charge in [0.25, 0.3) is 11.8 Å². The fraction of sp³-hybridized carbons (Fsp3) is 0.259. The number of hydrogen-bond donors (Lipinski definition) is 2. The summed E-state index contributed by atoms with van der Waals surface area (Å²) >= 11 is 0. The van der Waals surface area contributed by atoms with Gasteiger partial charge in [-0.1, -0.05) is 18.8 Å². The molecule has 178 valence electrons. The van der Waals surface area contributed by atoms with Crippen LogP contribution in [-0.2, 0) is 0 Å². The van der Waals surface area contributed by atoms with E-state index in [-0.39, 0.29) is 17.6 Å². The lowest BCUT2D eigenvalue weighted by Gasteiger charge is -2.36. The number of amides is 2. The molecule has 0 radical (unpaired) electrons. The molecule has 1 aromatic carbocycles. The molecule has 0 saturated carbocycles. The van der Waals surface area contributed by atoms with E-state index in [4.69, 9.17) is 0 Å². The van der Waals surface area contributed by atoms with Gasteiger partial charge in [0, 0.05) is 73.7 Å². The van der Waals surface area contributed by atoms with Gasteiger partial charge in [-0.15, -0.1) is 0 Å². The Hall–Kier alpha value is -4.38. The average Bonchev–Trinajstić information content (AvgIpc) is 2.90. The first-order valence-electron chi connectivity index (χ1n) is 11.6. The molecule has 4 rings (SSSR count). The Morgan fingerprint density at radius 1 is 0.914 bits per heavy atom. The van der Waals surface area contributed by atoms with Crippen LogP contribution in [0.2, 0.25) is 0 Å². The van der Waals surface area contributed by atoms with Crippen molar-refractivity contribution in [2.24, 2.45) is 0 Å². The lowest BCUT2D eigenvalue weighted by molar-refractivity contribution is 0.0746.